The molecule has 0 aliphatic rings. The van der Waals surface area contributed by atoms with E-state index in [0.717, 1.165) is 5.56 Å². The molecule has 0 atom stereocenters. The summed E-state index contributed by atoms with van der Waals surface area (Å²) in [7, 11) is 1.63. The number of benzene rings is 1. The Morgan fingerprint density at radius 2 is 2.33 bits per heavy atom. The number of anilines is 1. The normalized spacial score (nSPS) is 10.3. The molecule has 0 amide bonds. The first-order valence-electron chi connectivity index (χ1n) is 5.27. The molecule has 0 aliphatic carbocycles. The zero-order valence-electron chi connectivity index (χ0n) is 9.76. The lowest BCUT2D eigenvalue weighted by molar-refractivity contribution is 0.0461. The van der Waals surface area contributed by atoms with Crippen LogP contribution in [0.5, 0.6) is 0 Å². The highest BCUT2D eigenvalue weighted by atomic mass is 35.5. The van der Waals surface area contributed by atoms with Gasteiger partial charge in [-0.2, -0.15) is 5.10 Å². The number of rotatable bonds is 3. The van der Waals surface area contributed by atoms with Crippen molar-refractivity contribution >= 4 is 23.3 Å². The summed E-state index contributed by atoms with van der Waals surface area (Å²) in [5.41, 5.74) is 6.99. The Labute approximate surface area is 109 Å². The maximum Gasteiger partial charge on any atom is 0.359 e. The average molecular weight is 266 g/mol. The van der Waals surface area contributed by atoms with Crippen molar-refractivity contribution in [3.8, 4) is 0 Å². The van der Waals surface area contributed by atoms with Gasteiger partial charge in [-0.05, 0) is 17.7 Å². The maximum absolute atomic E-state index is 11.8. The topological polar surface area (TPSA) is 70.1 Å². The number of hydrogen-bond acceptors (Lipinski definition) is 4. The third kappa shape index (κ3) is 2.62. The van der Waals surface area contributed by atoms with Crippen molar-refractivity contribution in [1.29, 1.82) is 0 Å². The van der Waals surface area contributed by atoms with Crippen LogP contribution in [-0.4, -0.2) is 15.7 Å². The van der Waals surface area contributed by atoms with Gasteiger partial charge in [0.05, 0.1) is 11.9 Å². The van der Waals surface area contributed by atoms with E-state index < -0.39 is 5.97 Å². The fourth-order valence-electron chi connectivity index (χ4n) is 1.55. The molecule has 0 bridgehead atoms. The Hall–Kier alpha value is -2.01. The van der Waals surface area contributed by atoms with Gasteiger partial charge in [0, 0.05) is 12.1 Å². The fourth-order valence-corrected chi connectivity index (χ4v) is 1.76. The highest BCUT2D eigenvalue weighted by molar-refractivity contribution is 6.30. The van der Waals surface area contributed by atoms with Crippen molar-refractivity contribution in [1.82, 2.24) is 9.78 Å². The molecular formula is C12H12ClN3O2. The molecule has 2 N–H and O–H groups in total. The van der Waals surface area contributed by atoms with E-state index in [9.17, 15) is 4.79 Å². The second-order valence-corrected chi connectivity index (χ2v) is 4.21. The number of ether oxygens (including phenoxy) is 1. The third-order valence-corrected chi connectivity index (χ3v) is 2.65. The number of carbonyl (C=O) groups is 1. The summed E-state index contributed by atoms with van der Waals surface area (Å²) in [5, 5.41) is 4.48. The molecule has 18 heavy (non-hydrogen) atoms. The van der Waals surface area contributed by atoms with Gasteiger partial charge in [-0.3, -0.25) is 4.68 Å². The molecule has 2 aromatic rings. The fraction of sp³-hybridized carbons (Fsp3) is 0.167. The summed E-state index contributed by atoms with van der Waals surface area (Å²) in [4.78, 5) is 11.8. The van der Waals surface area contributed by atoms with E-state index in [4.69, 9.17) is 22.1 Å². The molecule has 2 rings (SSSR count). The SMILES string of the molecule is Cn1ncc(N)c1C(=O)OCc1cccc(Cl)c1. The van der Waals surface area contributed by atoms with Crippen molar-refractivity contribution in [3.63, 3.8) is 0 Å². The van der Waals surface area contributed by atoms with Crippen LogP contribution in [-0.2, 0) is 18.4 Å². The molecule has 0 unspecified atom stereocenters. The number of aryl methyl sites for hydroxylation is 1. The summed E-state index contributed by atoms with van der Waals surface area (Å²) < 4.78 is 6.54. The van der Waals surface area contributed by atoms with Gasteiger partial charge in [-0.15, -0.1) is 0 Å². The zero-order chi connectivity index (χ0) is 13.1. The number of nitrogens with zero attached hydrogens (tertiary/aromatic N) is 2. The molecule has 94 valence electrons. The van der Waals surface area contributed by atoms with Crippen molar-refractivity contribution in [2.75, 3.05) is 5.73 Å². The Morgan fingerprint density at radius 3 is 2.94 bits per heavy atom. The number of halogens is 1. The Bertz CT molecular complexity index is 561. The predicted molar refractivity (Wildman–Crippen MR) is 68.2 cm³/mol. The minimum atomic E-state index is -0.507. The number of nitrogen functional groups attached to an aromatic ring is 1. The van der Waals surface area contributed by atoms with Gasteiger partial charge >= 0.3 is 5.97 Å². The summed E-state index contributed by atoms with van der Waals surface area (Å²) >= 11 is 5.84. The van der Waals surface area contributed by atoms with E-state index in [-0.39, 0.29) is 12.3 Å². The van der Waals surface area contributed by atoms with Gasteiger partial charge in [0.1, 0.15) is 6.61 Å². The molecule has 1 aromatic heterocycles. The number of nitrogens with two attached hydrogens (primary N) is 1. The van der Waals surface area contributed by atoms with Crippen LogP contribution in [0, 0.1) is 0 Å². The summed E-state index contributed by atoms with van der Waals surface area (Å²) in [5.74, 6) is -0.507. The van der Waals surface area contributed by atoms with Gasteiger partial charge in [0.25, 0.3) is 0 Å². The number of aromatic nitrogens is 2. The first kappa shape index (κ1) is 12.4. The van der Waals surface area contributed by atoms with Crippen LogP contribution in [0.1, 0.15) is 16.1 Å². The van der Waals surface area contributed by atoms with Crippen molar-refractivity contribution in [3.05, 3.63) is 46.7 Å². The zero-order valence-corrected chi connectivity index (χ0v) is 10.5. The van der Waals surface area contributed by atoms with Gasteiger partial charge in [-0.1, -0.05) is 23.7 Å². The molecule has 5 nitrogen and oxygen atoms in total. The van der Waals surface area contributed by atoms with Crippen molar-refractivity contribution in [2.24, 2.45) is 7.05 Å². The minimum absolute atomic E-state index is 0.143. The lowest BCUT2D eigenvalue weighted by Crippen LogP contribution is -2.12. The smallest absolute Gasteiger partial charge is 0.359 e. The highest BCUT2D eigenvalue weighted by Gasteiger charge is 2.16. The molecule has 0 saturated carbocycles. The Balaban J connectivity index is 2.05. The lowest BCUT2D eigenvalue weighted by atomic mass is 10.2. The molecule has 0 saturated heterocycles. The molecular weight excluding hydrogens is 254 g/mol. The van der Waals surface area contributed by atoms with Crippen LogP contribution >= 0.6 is 11.6 Å². The van der Waals surface area contributed by atoms with Gasteiger partial charge in [0.15, 0.2) is 5.69 Å². The number of hydrogen-bond donors (Lipinski definition) is 1. The standard InChI is InChI=1S/C12H12ClN3O2/c1-16-11(10(14)6-15-16)12(17)18-7-8-3-2-4-9(13)5-8/h2-6H,7,14H2,1H3. The minimum Gasteiger partial charge on any atom is -0.456 e. The maximum atomic E-state index is 11.8. The van der Waals surface area contributed by atoms with Crippen LogP contribution in [0.3, 0.4) is 0 Å². The van der Waals surface area contributed by atoms with E-state index >= 15 is 0 Å². The van der Waals surface area contributed by atoms with Crippen molar-refractivity contribution in [2.45, 2.75) is 6.61 Å². The summed E-state index contributed by atoms with van der Waals surface area (Å²) in [6, 6.07) is 7.11. The highest BCUT2D eigenvalue weighted by Crippen LogP contribution is 2.14. The third-order valence-electron chi connectivity index (χ3n) is 2.42. The van der Waals surface area contributed by atoms with Crippen LogP contribution in [0.25, 0.3) is 0 Å². The van der Waals surface area contributed by atoms with Gasteiger partial charge in [0.2, 0.25) is 0 Å². The predicted octanol–water partition coefficient (Wildman–Crippen LogP) is 2.01. The first-order chi connectivity index (χ1) is 8.58. The Morgan fingerprint density at radius 1 is 1.56 bits per heavy atom. The van der Waals surface area contributed by atoms with E-state index in [2.05, 4.69) is 5.10 Å². The molecule has 1 heterocycles. The lowest BCUT2D eigenvalue weighted by Gasteiger charge is -2.06. The summed E-state index contributed by atoms with van der Waals surface area (Å²) in [6.45, 7) is 0.143. The molecule has 0 fully saturated rings. The molecule has 6 heteroatoms. The molecule has 0 aliphatic heterocycles. The van der Waals surface area contributed by atoms with Crippen LogP contribution in [0.15, 0.2) is 30.5 Å². The van der Waals surface area contributed by atoms with Crippen LogP contribution in [0.4, 0.5) is 5.69 Å². The van der Waals surface area contributed by atoms with Crippen molar-refractivity contribution < 1.29 is 9.53 Å². The number of carbonyl (C=O) groups excluding carboxylic acids is 1. The quantitative estimate of drug-likeness (QED) is 0.862. The Kier molecular flexibility index (Phi) is 3.53. The van der Waals surface area contributed by atoms with E-state index in [1.165, 1.54) is 10.9 Å². The monoisotopic (exact) mass is 265 g/mol. The second kappa shape index (κ2) is 5.10. The van der Waals surface area contributed by atoms with Gasteiger partial charge in [-0.25, -0.2) is 4.79 Å². The van der Waals surface area contributed by atoms with E-state index in [0.29, 0.717) is 10.7 Å². The summed E-state index contributed by atoms with van der Waals surface area (Å²) in [6.07, 6.45) is 1.41. The van der Waals surface area contributed by atoms with E-state index in [1.54, 1.807) is 25.2 Å². The van der Waals surface area contributed by atoms with Crippen LogP contribution in [0.2, 0.25) is 5.02 Å². The molecule has 0 spiro atoms. The van der Waals surface area contributed by atoms with Gasteiger partial charge < -0.3 is 10.5 Å². The first-order valence-corrected chi connectivity index (χ1v) is 5.65. The number of esters is 1. The largest absolute Gasteiger partial charge is 0.456 e. The van der Waals surface area contributed by atoms with E-state index in [1.807, 2.05) is 6.07 Å². The average Bonchev–Trinajstić information content (AvgIpc) is 2.66. The van der Waals surface area contributed by atoms with Crippen LogP contribution < -0.4 is 5.73 Å². The second-order valence-electron chi connectivity index (χ2n) is 3.78. The molecule has 1 aromatic carbocycles. The molecule has 0 radical (unpaired) electrons.